The summed E-state index contributed by atoms with van der Waals surface area (Å²) in [5, 5.41) is 6.38. The predicted octanol–water partition coefficient (Wildman–Crippen LogP) is 13.7. The minimum absolute atomic E-state index is 0.484. The number of aromatic nitrogens is 2. The third kappa shape index (κ3) is 5.53. The van der Waals surface area contributed by atoms with Crippen molar-refractivity contribution in [1.29, 1.82) is 0 Å². The van der Waals surface area contributed by atoms with Crippen LogP contribution < -0.4 is 4.90 Å². The van der Waals surface area contributed by atoms with Crippen molar-refractivity contribution < 1.29 is 1.37 Å². The Labute approximate surface area is 304 Å². The van der Waals surface area contributed by atoms with E-state index < -0.39 is 0 Å². The summed E-state index contributed by atoms with van der Waals surface area (Å²) >= 11 is 3.41. The van der Waals surface area contributed by atoms with E-state index in [9.17, 15) is 1.37 Å². The molecule has 2 aromatic heterocycles. The van der Waals surface area contributed by atoms with Gasteiger partial charge in [-0.3, -0.25) is 0 Å². The maximum absolute atomic E-state index is 9.27. The largest absolute Gasteiger partial charge is 0.310 e. The number of benzene rings is 8. The van der Waals surface area contributed by atoms with Crippen LogP contribution in [0.15, 0.2) is 176 Å². The predicted molar refractivity (Wildman–Crippen MR) is 219 cm³/mol. The first-order valence-corrected chi connectivity index (χ1v) is 18.5. The van der Waals surface area contributed by atoms with Gasteiger partial charge in [0.2, 0.25) is 0 Å². The van der Waals surface area contributed by atoms with E-state index in [1.54, 1.807) is 22.7 Å². The highest BCUT2D eigenvalue weighted by molar-refractivity contribution is 7.22. The molecule has 0 N–H and O–H groups in total. The van der Waals surface area contributed by atoms with Crippen molar-refractivity contribution in [1.82, 2.24) is 9.97 Å². The van der Waals surface area contributed by atoms with Gasteiger partial charge in [0.25, 0.3) is 0 Å². The van der Waals surface area contributed by atoms with Gasteiger partial charge >= 0.3 is 0 Å². The quantitative estimate of drug-likeness (QED) is 0.174. The van der Waals surface area contributed by atoms with Crippen LogP contribution in [0.1, 0.15) is 1.37 Å². The maximum atomic E-state index is 9.27. The number of hydrogen-bond donors (Lipinski definition) is 0. The Morgan fingerprint density at radius 3 is 1.45 bits per heavy atom. The Bertz CT molecular complexity index is 2740. The topological polar surface area (TPSA) is 29.0 Å². The summed E-state index contributed by atoms with van der Waals surface area (Å²) < 4.78 is 11.6. The molecule has 0 saturated heterocycles. The Kier molecular flexibility index (Phi) is 6.93. The van der Waals surface area contributed by atoms with E-state index >= 15 is 0 Å². The van der Waals surface area contributed by atoms with Gasteiger partial charge in [-0.05, 0) is 130 Å². The highest BCUT2D eigenvalue weighted by Crippen LogP contribution is 2.40. The van der Waals surface area contributed by atoms with Crippen molar-refractivity contribution in [3.8, 4) is 32.3 Å². The second-order valence-electron chi connectivity index (χ2n) is 12.6. The van der Waals surface area contributed by atoms with Crippen molar-refractivity contribution in [2.75, 3.05) is 4.90 Å². The first-order valence-electron chi connectivity index (χ1n) is 17.4. The maximum Gasteiger partial charge on any atom is 0.124 e. The molecule has 8 aromatic carbocycles. The lowest BCUT2D eigenvalue weighted by Gasteiger charge is -2.26. The fourth-order valence-corrected chi connectivity index (χ4v) is 8.72. The molecule has 51 heavy (non-hydrogen) atoms. The molecule has 0 aliphatic heterocycles. The normalized spacial score (nSPS) is 11.8. The third-order valence-electron chi connectivity index (χ3n) is 9.41. The van der Waals surface area contributed by atoms with Crippen LogP contribution >= 0.6 is 22.7 Å². The third-order valence-corrected chi connectivity index (χ3v) is 11.6. The lowest BCUT2D eigenvalue weighted by Crippen LogP contribution is -2.09. The summed E-state index contributed by atoms with van der Waals surface area (Å²) in [6.07, 6.45) is 0. The number of hydrogen-bond acceptors (Lipinski definition) is 5. The molecule has 0 radical (unpaired) electrons. The Morgan fingerprint density at radius 1 is 0.392 bits per heavy atom. The van der Waals surface area contributed by atoms with Crippen molar-refractivity contribution >= 4 is 81.7 Å². The number of nitrogens with zero attached hydrogens (tertiary/aromatic N) is 3. The first-order chi connectivity index (χ1) is 25.6. The van der Waals surface area contributed by atoms with Gasteiger partial charge in [0.15, 0.2) is 0 Å². The van der Waals surface area contributed by atoms with E-state index in [1.807, 2.05) is 18.2 Å². The van der Waals surface area contributed by atoms with Gasteiger partial charge in [-0.15, -0.1) is 22.7 Å². The lowest BCUT2D eigenvalue weighted by atomic mass is 9.98. The molecule has 240 valence electrons. The van der Waals surface area contributed by atoms with Gasteiger partial charge in [0.05, 0.1) is 21.8 Å². The molecule has 0 bridgehead atoms. The van der Waals surface area contributed by atoms with Gasteiger partial charge < -0.3 is 4.90 Å². The monoisotopic (exact) mass is 688 g/mol. The SMILES string of the molecule is [2H]c1cc(N(c2ccc(-c3nc4ccccc4s3)cc2)c2ccc(-c3nc4ccccc4s3)cc2)cc2ccc(-c3ccc4ccccc4c3)cc12. The molecular weight excluding hydrogens is 659 g/mol. The molecule has 0 saturated carbocycles. The van der Waals surface area contributed by atoms with Crippen LogP contribution in [-0.2, 0) is 0 Å². The van der Waals surface area contributed by atoms with Crippen LogP contribution in [0.2, 0.25) is 0 Å². The van der Waals surface area contributed by atoms with Gasteiger partial charge in [-0.25, -0.2) is 9.97 Å². The van der Waals surface area contributed by atoms with E-state index in [0.717, 1.165) is 71.1 Å². The van der Waals surface area contributed by atoms with E-state index in [2.05, 4.69) is 157 Å². The fourth-order valence-electron chi connectivity index (χ4n) is 6.78. The van der Waals surface area contributed by atoms with Gasteiger partial charge in [0.1, 0.15) is 10.0 Å². The molecular formula is C46H29N3S2. The highest BCUT2D eigenvalue weighted by Gasteiger charge is 2.16. The Balaban J connectivity index is 1.06. The molecule has 3 nitrogen and oxygen atoms in total. The van der Waals surface area contributed by atoms with E-state index in [4.69, 9.17) is 9.97 Å². The standard InChI is InChI=1S/C46H29N3S2/c1-2-8-33-27-34(14-13-30(33)7-1)35-15-16-37-29-40(26-21-36(37)28-35)49(38-22-17-31(18-23-38)45-47-41-9-3-5-11-43(41)50-45)39-24-19-32(20-25-39)46-48-42-10-4-6-12-44(42)51-46/h1-29H/i21D. The number of para-hydroxylation sites is 2. The van der Waals surface area contributed by atoms with Crippen molar-refractivity contribution in [2.24, 2.45) is 0 Å². The van der Waals surface area contributed by atoms with E-state index in [-0.39, 0.29) is 0 Å². The van der Waals surface area contributed by atoms with Crippen LogP contribution in [0.25, 0.3) is 74.2 Å². The average molecular weight is 689 g/mol. The van der Waals surface area contributed by atoms with Crippen LogP contribution in [0.5, 0.6) is 0 Å². The Morgan fingerprint density at radius 2 is 0.863 bits per heavy atom. The van der Waals surface area contributed by atoms with Crippen LogP contribution in [-0.4, -0.2) is 9.97 Å². The molecule has 2 heterocycles. The minimum Gasteiger partial charge on any atom is -0.310 e. The molecule has 0 atom stereocenters. The minimum atomic E-state index is 0.484. The summed E-state index contributed by atoms with van der Waals surface area (Å²) in [5.41, 5.74) is 9.38. The highest BCUT2D eigenvalue weighted by atomic mass is 32.1. The molecule has 0 amide bonds. The fraction of sp³-hybridized carbons (Fsp3) is 0. The van der Waals surface area contributed by atoms with E-state index in [0.29, 0.717) is 6.04 Å². The summed E-state index contributed by atoms with van der Waals surface area (Å²) in [4.78, 5) is 12.0. The number of anilines is 3. The van der Waals surface area contributed by atoms with E-state index in [1.165, 1.54) is 20.2 Å². The molecule has 0 fully saturated rings. The van der Waals surface area contributed by atoms with Crippen LogP contribution in [0.4, 0.5) is 17.1 Å². The molecule has 0 spiro atoms. The van der Waals surface area contributed by atoms with Gasteiger partial charge in [-0.1, -0.05) is 78.8 Å². The summed E-state index contributed by atoms with van der Waals surface area (Å²) in [6.45, 7) is 0. The molecule has 0 aliphatic carbocycles. The van der Waals surface area contributed by atoms with Crippen LogP contribution in [0, 0.1) is 0 Å². The number of rotatable bonds is 6. The number of fused-ring (bicyclic) bond motifs is 4. The molecule has 10 aromatic rings. The summed E-state index contributed by atoms with van der Waals surface area (Å²) in [6, 6.07) is 59.8. The second kappa shape index (κ2) is 12.3. The van der Waals surface area contributed by atoms with Crippen molar-refractivity contribution in [2.45, 2.75) is 0 Å². The van der Waals surface area contributed by atoms with Crippen molar-refractivity contribution in [3.05, 3.63) is 176 Å². The zero-order chi connectivity index (χ0) is 34.6. The van der Waals surface area contributed by atoms with Crippen molar-refractivity contribution in [3.63, 3.8) is 0 Å². The molecule has 0 unspecified atom stereocenters. The smallest absolute Gasteiger partial charge is 0.124 e. The zero-order valence-electron chi connectivity index (χ0n) is 28.3. The molecule has 10 rings (SSSR count). The lowest BCUT2D eigenvalue weighted by molar-refractivity contribution is 1.29. The average Bonchev–Trinajstić information content (AvgIpc) is 3.84. The summed E-state index contributed by atoms with van der Waals surface area (Å²) in [7, 11) is 0. The van der Waals surface area contributed by atoms with Gasteiger partial charge in [0, 0.05) is 28.2 Å². The number of thiazole rings is 2. The van der Waals surface area contributed by atoms with Gasteiger partial charge in [-0.2, -0.15) is 0 Å². The van der Waals surface area contributed by atoms with Crippen LogP contribution in [0.3, 0.4) is 0 Å². The Hall–Kier alpha value is -6.14. The molecule has 5 heteroatoms. The summed E-state index contributed by atoms with van der Waals surface area (Å²) in [5.74, 6) is 0. The first kappa shape index (κ1) is 28.7. The zero-order valence-corrected chi connectivity index (χ0v) is 29.0. The molecule has 0 aliphatic rings. The second-order valence-corrected chi connectivity index (χ2v) is 14.7.